The van der Waals surface area contributed by atoms with Crippen LogP contribution in [0.2, 0.25) is 0 Å². The van der Waals surface area contributed by atoms with Crippen molar-refractivity contribution in [3.05, 3.63) is 83.7 Å². The largest absolute Gasteiger partial charge is 0.292 e. The van der Waals surface area contributed by atoms with E-state index in [0.717, 1.165) is 11.3 Å². The van der Waals surface area contributed by atoms with Gasteiger partial charge in [-0.25, -0.2) is 9.66 Å². The van der Waals surface area contributed by atoms with E-state index in [1.807, 2.05) is 48.5 Å². The lowest BCUT2D eigenvalue weighted by Gasteiger charge is -2.10. The Balaban J connectivity index is 1.65. The van der Waals surface area contributed by atoms with E-state index < -0.39 is 0 Å². The Hall–Kier alpha value is -4.07. The Morgan fingerprint density at radius 2 is 1.78 bits per heavy atom. The van der Waals surface area contributed by atoms with Crippen molar-refractivity contribution in [3.8, 4) is 11.4 Å². The average Bonchev–Trinajstić information content (AvgIpc) is 3.16. The summed E-state index contributed by atoms with van der Waals surface area (Å²) in [5.41, 5.74) is 5.14. The van der Waals surface area contributed by atoms with E-state index in [1.54, 1.807) is 23.1 Å². The molecule has 5 aromatic rings. The first kappa shape index (κ1) is 15.2. The van der Waals surface area contributed by atoms with Crippen LogP contribution in [0.25, 0.3) is 28.1 Å². The molecule has 5 rings (SSSR count). The van der Waals surface area contributed by atoms with Crippen molar-refractivity contribution in [3.63, 3.8) is 0 Å². The van der Waals surface area contributed by atoms with Crippen LogP contribution in [0.5, 0.6) is 0 Å². The van der Waals surface area contributed by atoms with Gasteiger partial charge in [0.1, 0.15) is 0 Å². The standard InChI is InChI=1S/C19H13N7O/c27-18-15-12-21-19-22-17(13-6-9-20-10-7-13)24-26(19)16(15)8-11-25(18)23-14-4-2-1-3-5-14/h1-12,23H. The van der Waals surface area contributed by atoms with Gasteiger partial charge in [-0.1, -0.05) is 18.2 Å². The van der Waals surface area contributed by atoms with E-state index in [2.05, 4.69) is 25.5 Å². The summed E-state index contributed by atoms with van der Waals surface area (Å²) in [5.74, 6) is 0.964. The minimum Gasteiger partial charge on any atom is -0.292 e. The SMILES string of the molecule is O=c1c2cnc3nc(-c4ccncc4)nn3c2ccn1Nc1ccccc1. The summed E-state index contributed by atoms with van der Waals surface area (Å²) in [5, 5.41) is 4.96. The summed E-state index contributed by atoms with van der Waals surface area (Å²) in [4.78, 5) is 25.6. The molecule has 0 radical (unpaired) electrons. The fourth-order valence-corrected chi connectivity index (χ4v) is 2.88. The summed E-state index contributed by atoms with van der Waals surface area (Å²) < 4.78 is 3.01. The van der Waals surface area contributed by atoms with E-state index in [9.17, 15) is 4.79 Å². The minimum atomic E-state index is -0.216. The molecule has 27 heavy (non-hydrogen) atoms. The molecule has 8 nitrogen and oxygen atoms in total. The highest BCUT2D eigenvalue weighted by atomic mass is 16.1. The summed E-state index contributed by atoms with van der Waals surface area (Å²) in [6.07, 6.45) is 6.56. The number of hydrogen-bond donors (Lipinski definition) is 1. The molecule has 0 aliphatic carbocycles. The minimum absolute atomic E-state index is 0.216. The van der Waals surface area contributed by atoms with E-state index in [-0.39, 0.29) is 5.56 Å². The van der Waals surface area contributed by atoms with Gasteiger partial charge in [0.25, 0.3) is 11.3 Å². The van der Waals surface area contributed by atoms with Gasteiger partial charge in [0, 0.05) is 30.4 Å². The van der Waals surface area contributed by atoms with Crippen LogP contribution in [0, 0.1) is 0 Å². The number of nitrogens with one attached hydrogen (secondary N) is 1. The number of pyridine rings is 2. The molecule has 0 amide bonds. The average molecular weight is 355 g/mol. The zero-order chi connectivity index (χ0) is 18.2. The van der Waals surface area contributed by atoms with Crippen molar-refractivity contribution in [2.45, 2.75) is 0 Å². The molecule has 0 fully saturated rings. The van der Waals surface area contributed by atoms with Gasteiger partial charge >= 0.3 is 0 Å². The molecule has 4 aromatic heterocycles. The van der Waals surface area contributed by atoms with Crippen molar-refractivity contribution in [2.24, 2.45) is 0 Å². The van der Waals surface area contributed by atoms with Crippen molar-refractivity contribution in [1.29, 1.82) is 0 Å². The molecule has 130 valence electrons. The van der Waals surface area contributed by atoms with E-state index >= 15 is 0 Å². The van der Waals surface area contributed by atoms with E-state index in [0.29, 0.717) is 22.5 Å². The van der Waals surface area contributed by atoms with Crippen LogP contribution in [-0.4, -0.2) is 29.2 Å². The summed E-state index contributed by atoms with van der Waals surface area (Å²) >= 11 is 0. The zero-order valence-corrected chi connectivity index (χ0v) is 14.0. The summed E-state index contributed by atoms with van der Waals surface area (Å²) in [7, 11) is 0. The van der Waals surface area contributed by atoms with Gasteiger partial charge in [-0.3, -0.25) is 15.2 Å². The first-order chi connectivity index (χ1) is 13.3. The second-order valence-corrected chi connectivity index (χ2v) is 5.91. The number of fused-ring (bicyclic) bond motifs is 3. The molecular weight excluding hydrogens is 342 g/mol. The van der Waals surface area contributed by atoms with Crippen molar-refractivity contribution >= 4 is 22.4 Å². The summed E-state index contributed by atoms with van der Waals surface area (Å²) in [6.45, 7) is 0. The smallest absolute Gasteiger partial charge is 0.280 e. The molecule has 8 heteroatoms. The number of anilines is 1. The Bertz CT molecular complexity index is 1310. The lowest BCUT2D eigenvalue weighted by Crippen LogP contribution is -2.26. The van der Waals surface area contributed by atoms with Crippen LogP contribution in [-0.2, 0) is 0 Å². The molecular formula is C19H13N7O. The van der Waals surface area contributed by atoms with Gasteiger partial charge in [-0.05, 0) is 30.3 Å². The highest BCUT2D eigenvalue weighted by molar-refractivity contribution is 5.79. The molecule has 0 unspecified atom stereocenters. The Morgan fingerprint density at radius 1 is 0.963 bits per heavy atom. The number of rotatable bonds is 3. The fraction of sp³-hybridized carbons (Fsp3) is 0. The number of para-hydroxylation sites is 1. The maximum absolute atomic E-state index is 12.8. The maximum Gasteiger partial charge on any atom is 0.280 e. The third kappa shape index (κ3) is 2.60. The molecule has 4 heterocycles. The van der Waals surface area contributed by atoms with E-state index in [1.165, 1.54) is 10.9 Å². The molecule has 0 aliphatic rings. The molecule has 0 saturated carbocycles. The summed E-state index contributed by atoms with van der Waals surface area (Å²) in [6, 6.07) is 15.0. The number of nitrogens with zero attached hydrogens (tertiary/aromatic N) is 6. The normalized spacial score (nSPS) is 11.1. The van der Waals surface area contributed by atoms with Gasteiger partial charge in [-0.2, -0.15) is 9.50 Å². The molecule has 1 N–H and O–H groups in total. The van der Waals surface area contributed by atoms with Crippen molar-refractivity contribution in [2.75, 3.05) is 5.43 Å². The highest BCUT2D eigenvalue weighted by Crippen LogP contribution is 2.17. The first-order valence-electron chi connectivity index (χ1n) is 8.29. The van der Waals surface area contributed by atoms with Crippen molar-refractivity contribution in [1.82, 2.24) is 29.2 Å². The lowest BCUT2D eigenvalue weighted by molar-refractivity contribution is 0.901. The Morgan fingerprint density at radius 3 is 2.59 bits per heavy atom. The van der Waals surface area contributed by atoms with Gasteiger partial charge in [0.15, 0.2) is 5.82 Å². The van der Waals surface area contributed by atoms with Crippen LogP contribution < -0.4 is 11.0 Å². The first-order valence-corrected chi connectivity index (χ1v) is 8.29. The van der Waals surface area contributed by atoms with Crippen LogP contribution in [0.3, 0.4) is 0 Å². The number of hydrogen-bond acceptors (Lipinski definition) is 6. The number of benzene rings is 1. The van der Waals surface area contributed by atoms with Gasteiger partial charge in [0.2, 0.25) is 0 Å². The molecule has 0 bridgehead atoms. The zero-order valence-electron chi connectivity index (χ0n) is 14.0. The molecule has 0 spiro atoms. The monoisotopic (exact) mass is 355 g/mol. The quantitative estimate of drug-likeness (QED) is 0.534. The Kier molecular flexibility index (Phi) is 3.39. The van der Waals surface area contributed by atoms with Crippen molar-refractivity contribution < 1.29 is 0 Å². The second-order valence-electron chi connectivity index (χ2n) is 5.91. The Labute approximate surface area is 152 Å². The maximum atomic E-state index is 12.8. The topological polar surface area (TPSA) is 90.0 Å². The molecule has 0 saturated heterocycles. The second kappa shape index (κ2) is 6.03. The van der Waals surface area contributed by atoms with Gasteiger partial charge in [-0.15, -0.1) is 5.10 Å². The third-order valence-electron chi connectivity index (χ3n) is 4.20. The van der Waals surface area contributed by atoms with Crippen LogP contribution in [0.4, 0.5) is 5.69 Å². The van der Waals surface area contributed by atoms with Gasteiger partial charge in [0.05, 0.1) is 16.6 Å². The predicted molar refractivity (Wildman–Crippen MR) is 101 cm³/mol. The molecule has 0 atom stereocenters. The molecule has 0 aliphatic heterocycles. The van der Waals surface area contributed by atoms with Crippen LogP contribution >= 0.6 is 0 Å². The fourth-order valence-electron chi connectivity index (χ4n) is 2.88. The van der Waals surface area contributed by atoms with Gasteiger partial charge < -0.3 is 0 Å². The predicted octanol–water partition coefficient (Wildman–Crippen LogP) is 2.38. The molecule has 1 aromatic carbocycles. The number of aromatic nitrogens is 6. The van der Waals surface area contributed by atoms with E-state index in [4.69, 9.17) is 0 Å². The highest BCUT2D eigenvalue weighted by Gasteiger charge is 2.12. The van der Waals surface area contributed by atoms with Crippen LogP contribution in [0.1, 0.15) is 0 Å². The van der Waals surface area contributed by atoms with Crippen LogP contribution in [0.15, 0.2) is 78.1 Å². The lowest BCUT2D eigenvalue weighted by atomic mass is 10.3. The third-order valence-corrected chi connectivity index (χ3v) is 4.20.